The van der Waals surface area contributed by atoms with Crippen LogP contribution in [-0.4, -0.2) is 59.2 Å². The van der Waals surface area contributed by atoms with Gasteiger partial charge in [-0.25, -0.2) is 9.78 Å². The van der Waals surface area contributed by atoms with Gasteiger partial charge in [0.2, 0.25) is 5.91 Å². The summed E-state index contributed by atoms with van der Waals surface area (Å²) in [5.74, 6) is -0.678. The Morgan fingerprint density at radius 3 is 2.77 bits per heavy atom. The third-order valence-electron chi connectivity index (χ3n) is 4.69. The summed E-state index contributed by atoms with van der Waals surface area (Å²) < 4.78 is 11.5. The molecule has 0 bridgehead atoms. The van der Waals surface area contributed by atoms with Gasteiger partial charge >= 0.3 is 5.97 Å². The number of nitrogens with zero attached hydrogens (tertiary/aromatic N) is 3. The maximum atomic E-state index is 12.6. The summed E-state index contributed by atoms with van der Waals surface area (Å²) in [6.45, 7) is 0.525. The molecular formula is C18H21N3O5. The van der Waals surface area contributed by atoms with Crippen LogP contribution < -0.4 is 5.56 Å². The molecule has 3 rings (SSSR count). The van der Waals surface area contributed by atoms with Gasteiger partial charge in [0.05, 0.1) is 30.4 Å². The van der Waals surface area contributed by atoms with Crippen molar-refractivity contribution in [3.05, 3.63) is 40.9 Å². The molecule has 0 spiro atoms. The molecule has 1 aliphatic rings. The largest absolute Gasteiger partial charge is 0.467 e. The van der Waals surface area contributed by atoms with Gasteiger partial charge < -0.3 is 14.4 Å². The van der Waals surface area contributed by atoms with Crippen LogP contribution in [0.2, 0.25) is 0 Å². The first-order valence-corrected chi connectivity index (χ1v) is 8.39. The lowest BCUT2D eigenvalue weighted by atomic mass is 10.2. The standard InChI is InChI=1S/C18H21N3O5/c1-25-12-9-15(18(24)26-2)21(10-12)16(22)7-8-20-11-19-14-6-4-3-5-13(14)17(20)23/h3-6,11-12,15H,7-10H2,1-2H3. The van der Waals surface area contributed by atoms with Crippen molar-refractivity contribution in [2.75, 3.05) is 20.8 Å². The number of methoxy groups -OCH3 is 2. The van der Waals surface area contributed by atoms with Crippen LogP contribution >= 0.6 is 0 Å². The number of aromatic nitrogens is 2. The maximum Gasteiger partial charge on any atom is 0.328 e. The molecule has 2 heterocycles. The third-order valence-corrected chi connectivity index (χ3v) is 4.69. The number of carbonyl (C=O) groups excluding carboxylic acids is 2. The fourth-order valence-corrected chi connectivity index (χ4v) is 3.23. The van der Waals surface area contributed by atoms with E-state index in [0.29, 0.717) is 23.9 Å². The fraction of sp³-hybridized carbons (Fsp3) is 0.444. The van der Waals surface area contributed by atoms with Crippen molar-refractivity contribution < 1.29 is 19.1 Å². The van der Waals surface area contributed by atoms with Crippen LogP contribution in [0.4, 0.5) is 0 Å². The number of benzene rings is 1. The molecule has 1 aromatic heterocycles. The van der Waals surface area contributed by atoms with Gasteiger partial charge in [0.15, 0.2) is 0 Å². The number of rotatable bonds is 5. The number of aryl methyl sites for hydroxylation is 1. The van der Waals surface area contributed by atoms with Crippen LogP contribution in [0.5, 0.6) is 0 Å². The Morgan fingerprint density at radius 1 is 1.27 bits per heavy atom. The van der Waals surface area contributed by atoms with E-state index in [1.165, 1.54) is 22.9 Å². The van der Waals surface area contributed by atoms with Gasteiger partial charge in [-0.3, -0.25) is 14.2 Å². The van der Waals surface area contributed by atoms with Gasteiger partial charge in [0.25, 0.3) is 5.56 Å². The van der Waals surface area contributed by atoms with Crippen molar-refractivity contribution in [2.24, 2.45) is 0 Å². The molecule has 0 saturated carbocycles. The number of amides is 1. The number of esters is 1. The van der Waals surface area contributed by atoms with Gasteiger partial charge in [-0.05, 0) is 12.1 Å². The van der Waals surface area contributed by atoms with Crippen molar-refractivity contribution in [3.63, 3.8) is 0 Å². The molecule has 8 nitrogen and oxygen atoms in total. The monoisotopic (exact) mass is 359 g/mol. The Bertz CT molecular complexity index is 879. The summed E-state index contributed by atoms with van der Waals surface area (Å²) in [6, 6.07) is 6.41. The van der Waals surface area contributed by atoms with E-state index >= 15 is 0 Å². The van der Waals surface area contributed by atoms with Crippen LogP contribution in [-0.2, 0) is 25.6 Å². The predicted molar refractivity (Wildman–Crippen MR) is 93.6 cm³/mol. The molecule has 26 heavy (non-hydrogen) atoms. The summed E-state index contributed by atoms with van der Waals surface area (Å²) in [7, 11) is 2.85. The van der Waals surface area contributed by atoms with E-state index in [2.05, 4.69) is 4.98 Å². The highest BCUT2D eigenvalue weighted by molar-refractivity contribution is 5.85. The summed E-state index contributed by atoms with van der Waals surface area (Å²) >= 11 is 0. The number of fused-ring (bicyclic) bond motifs is 1. The minimum atomic E-state index is -0.649. The topological polar surface area (TPSA) is 90.7 Å². The molecule has 1 aliphatic heterocycles. The normalized spacial score (nSPS) is 19.7. The van der Waals surface area contributed by atoms with Crippen molar-refractivity contribution >= 4 is 22.8 Å². The molecule has 1 saturated heterocycles. The van der Waals surface area contributed by atoms with E-state index in [9.17, 15) is 14.4 Å². The molecule has 1 amide bonds. The number of ether oxygens (including phenoxy) is 2. The van der Waals surface area contributed by atoms with Crippen LogP contribution in [0.25, 0.3) is 10.9 Å². The molecule has 8 heteroatoms. The van der Waals surface area contributed by atoms with Crippen LogP contribution in [0.3, 0.4) is 0 Å². The zero-order valence-electron chi connectivity index (χ0n) is 14.8. The lowest BCUT2D eigenvalue weighted by Gasteiger charge is -2.22. The zero-order chi connectivity index (χ0) is 18.7. The lowest BCUT2D eigenvalue weighted by Crippen LogP contribution is -2.41. The first-order valence-electron chi connectivity index (χ1n) is 8.39. The third kappa shape index (κ3) is 3.45. The number of hydrogen-bond acceptors (Lipinski definition) is 6. The van der Waals surface area contributed by atoms with Crippen LogP contribution in [0, 0.1) is 0 Å². The average Bonchev–Trinajstić information content (AvgIpc) is 3.11. The molecule has 2 atom stereocenters. The fourth-order valence-electron chi connectivity index (χ4n) is 3.23. The first-order chi connectivity index (χ1) is 12.5. The number of carbonyl (C=O) groups is 2. The summed E-state index contributed by atoms with van der Waals surface area (Å²) in [5, 5.41) is 0.510. The van der Waals surface area contributed by atoms with Crippen LogP contribution in [0.15, 0.2) is 35.4 Å². The molecule has 0 aliphatic carbocycles. The van der Waals surface area contributed by atoms with Crippen molar-refractivity contribution in [1.82, 2.24) is 14.5 Å². The molecule has 2 unspecified atom stereocenters. The van der Waals surface area contributed by atoms with E-state index in [-0.39, 0.29) is 30.5 Å². The molecule has 0 N–H and O–H groups in total. The van der Waals surface area contributed by atoms with Crippen molar-refractivity contribution in [3.8, 4) is 0 Å². The van der Waals surface area contributed by atoms with E-state index in [0.717, 1.165) is 0 Å². The lowest BCUT2D eigenvalue weighted by molar-refractivity contribution is -0.151. The quantitative estimate of drug-likeness (QED) is 0.725. The van der Waals surface area contributed by atoms with E-state index in [1.807, 2.05) is 6.07 Å². The highest BCUT2D eigenvalue weighted by Gasteiger charge is 2.40. The number of para-hydroxylation sites is 1. The highest BCUT2D eigenvalue weighted by atomic mass is 16.5. The second kappa shape index (κ2) is 7.65. The van der Waals surface area contributed by atoms with Gasteiger partial charge in [0, 0.05) is 33.0 Å². The van der Waals surface area contributed by atoms with E-state index in [4.69, 9.17) is 9.47 Å². The molecule has 1 aromatic carbocycles. The Labute approximate surface area is 150 Å². The average molecular weight is 359 g/mol. The Kier molecular flexibility index (Phi) is 5.32. The smallest absolute Gasteiger partial charge is 0.328 e. The van der Waals surface area contributed by atoms with E-state index < -0.39 is 12.0 Å². The van der Waals surface area contributed by atoms with Gasteiger partial charge in [-0.1, -0.05) is 12.1 Å². The van der Waals surface area contributed by atoms with Crippen molar-refractivity contribution in [2.45, 2.75) is 31.5 Å². The number of hydrogen-bond donors (Lipinski definition) is 0. The summed E-state index contributed by atoms with van der Waals surface area (Å²) in [4.78, 5) is 42.7. The maximum absolute atomic E-state index is 12.6. The predicted octanol–water partition coefficient (Wildman–Crippen LogP) is 0.575. The van der Waals surface area contributed by atoms with Gasteiger partial charge in [0.1, 0.15) is 6.04 Å². The Balaban J connectivity index is 1.73. The van der Waals surface area contributed by atoms with E-state index in [1.54, 1.807) is 25.3 Å². The van der Waals surface area contributed by atoms with Crippen LogP contribution in [0.1, 0.15) is 12.8 Å². The second-order valence-electron chi connectivity index (χ2n) is 6.19. The Hall–Kier alpha value is -2.74. The Morgan fingerprint density at radius 2 is 2.04 bits per heavy atom. The molecule has 1 fully saturated rings. The highest BCUT2D eigenvalue weighted by Crippen LogP contribution is 2.22. The SMILES string of the molecule is COC(=O)C1CC(OC)CN1C(=O)CCn1cnc2ccccc2c1=O. The molecule has 2 aromatic rings. The van der Waals surface area contributed by atoms with Gasteiger partial charge in [-0.15, -0.1) is 0 Å². The summed E-state index contributed by atoms with van der Waals surface area (Å²) in [6.07, 6.45) is 1.74. The van der Waals surface area contributed by atoms with Crippen molar-refractivity contribution in [1.29, 1.82) is 0 Å². The zero-order valence-corrected chi connectivity index (χ0v) is 14.8. The minimum Gasteiger partial charge on any atom is -0.467 e. The van der Waals surface area contributed by atoms with Gasteiger partial charge in [-0.2, -0.15) is 0 Å². The first kappa shape index (κ1) is 18.1. The minimum absolute atomic E-state index is 0.0872. The molecular weight excluding hydrogens is 338 g/mol. The number of likely N-dealkylation sites (tertiary alicyclic amines) is 1. The molecule has 0 radical (unpaired) electrons. The molecule has 138 valence electrons. The summed E-state index contributed by atoms with van der Waals surface area (Å²) in [5.41, 5.74) is 0.428. The second-order valence-corrected chi connectivity index (χ2v) is 6.19.